The van der Waals surface area contributed by atoms with E-state index in [1.165, 1.54) is 19.3 Å². The molecule has 0 radical (unpaired) electrons. The average Bonchev–Trinajstić information content (AvgIpc) is 3.23. The fraction of sp³-hybridized carbons (Fsp3) is 0.360. The molecule has 1 aliphatic heterocycles. The summed E-state index contributed by atoms with van der Waals surface area (Å²) in [6.07, 6.45) is 5.69. The van der Waals surface area contributed by atoms with Crippen LogP contribution in [0.5, 0.6) is 0 Å². The van der Waals surface area contributed by atoms with Crippen LogP contribution in [0.3, 0.4) is 0 Å². The van der Waals surface area contributed by atoms with Gasteiger partial charge < -0.3 is 14.4 Å². The number of benzene rings is 2. The predicted molar refractivity (Wildman–Crippen MR) is 115 cm³/mol. The van der Waals surface area contributed by atoms with Gasteiger partial charge in [-0.25, -0.2) is 4.79 Å². The number of aromatic nitrogens is 1. The van der Waals surface area contributed by atoms with Gasteiger partial charge in [-0.05, 0) is 24.5 Å². The zero-order valence-corrected chi connectivity index (χ0v) is 16.8. The Morgan fingerprint density at radius 3 is 2.20 bits per heavy atom. The van der Waals surface area contributed by atoms with Crippen LogP contribution in [-0.2, 0) is 20.9 Å². The number of para-hydroxylation sites is 2. The monoisotopic (exact) mass is 403 g/mol. The summed E-state index contributed by atoms with van der Waals surface area (Å²) < 4.78 is 7.32. The minimum Gasteiger partial charge on any atom is -0.507 e. The number of rotatable bonds is 5. The van der Waals surface area contributed by atoms with Gasteiger partial charge in [-0.3, -0.25) is 4.79 Å². The molecular formula is C25H25NO4. The van der Waals surface area contributed by atoms with Gasteiger partial charge in [0.1, 0.15) is 5.57 Å². The van der Waals surface area contributed by atoms with Crippen molar-refractivity contribution in [1.29, 1.82) is 0 Å². The minimum atomic E-state index is -0.695. The first-order valence-corrected chi connectivity index (χ1v) is 10.8. The highest BCUT2D eigenvalue weighted by Gasteiger charge is 2.39. The zero-order chi connectivity index (χ0) is 20.7. The molecule has 2 aromatic carbocycles. The number of aliphatic hydroxyl groups excluding tert-OH is 1. The molecule has 1 atom stereocenters. The highest BCUT2D eigenvalue weighted by molar-refractivity contribution is 6.19. The van der Waals surface area contributed by atoms with Gasteiger partial charge in [0.2, 0.25) is 0 Å². The van der Waals surface area contributed by atoms with Crippen molar-refractivity contribution in [2.75, 3.05) is 0 Å². The van der Waals surface area contributed by atoms with Gasteiger partial charge in [-0.1, -0.05) is 68.5 Å². The van der Waals surface area contributed by atoms with Gasteiger partial charge in [0.05, 0.1) is 6.54 Å². The second-order valence-corrected chi connectivity index (χ2v) is 8.44. The molecule has 0 saturated heterocycles. The molecule has 1 aromatic heterocycles. The largest absolute Gasteiger partial charge is 0.507 e. The summed E-state index contributed by atoms with van der Waals surface area (Å²) in [5, 5.41) is 12.8. The quantitative estimate of drug-likeness (QED) is 0.477. The van der Waals surface area contributed by atoms with Gasteiger partial charge >= 0.3 is 5.97 Å². The SMILES string of the molecule is O=C(Cn1c2ccccc2c2ccccc21)C1=C(O)C(CC2CCCCC2)OC1=O. The van der Waals surface area contributed by atoms with E-state index >= 15 is 0 Å². The molecule has 2 aliphatic rings. The lowest BCUT2D eigenvalue weighted by Crippen LogP contribution is -2.18. The standard InChI is InChI=1S/C25H25NO4/c27-21(23-24(28)22(30-25(23)29)14-16-8-2-1-3-9-16)15-26-19-12-6-4-10-17(19)18-11-5-7-13-20(18)26/h4-7,10-13,16,22,28H,1-3,8-9,14-15H2. The highest BCUT2D eigenvalue weighted by Crippen LogP contribution is 2.34. The van der Waals surface area contributed by atoms with Crippen molar-refractivity contribution in [2.24, 2.45) is 5.92 Å². The van der Waals surface area contributed by atoms with E-state index in [0.29, 0.717) is 12.3 Å². The molecule has 1 unspecified atom stereocenters. The van der Waals surface area contributed by atoms with Crippen LogP contribution in [0.1, 0.15) is 38.5 Å². The molecular weight excluding hydrogens is 378 g/mol. The molecule has 30 heavy (non-hydrogen) atoms. The number of cyclic esters (lactones) is 1. The number of carbonyl (C=O) groups excluding carboxylic acids is 2. The first-order valence-electron chi connectivity index (χ1n) is 10.8. The first-order chi connectivity index (χ1) is 14.6. The minimum absolute atomic E-state index is 0.0152. The molecule has 5 rings (SSSR count). The second kappa shape index (κ2) is 7.63. The van der Waals surface area contributed by atoms with Crippen molar-refractivity contribution in [3.8, 4) is 0 Å². The second-order valence-electron chi connectivity index (χ2n) is 8.44. The van der Waals surface area contributed by atoms with E-state index in [0.717, 1.165) is 34.6 Å². The third-order valence-electron chi connectivity index (χ3n) is 6.55. The highest BCUT2D eigenvalue weighted by atomic mass is 16.6. The van der Waals surface area contributed by atoms with Crippen molar-refractivity contribution < 1.29 is 19.4 Å². The molecule has 1 fully saturated rings. The molecule has 0 amide bonds. The summed E-state index contributed by atoms with van der Waals surface area (Å²) in [5.41, 5.74) is 1.67. The Morgan fingerprint density at radius 2 is 1.57 bits per heavy atom. The number of ketones is 1. The van der Waals surface area contributed by atoms with Crippen LogP contribution < -0.4 is 0 Å². The number of esters is 1. The van der Waals surface area contributed by atoms with Gasteiger partial charge in [-0.15, -0.1) is 0 Å². The van der Waals surface area contributed by atoms with Gasteiger partial charge in [-0.2, -0.15) is 0 Å². The molecule has 1 aliphatic carbocycles. The van der Waals surface area contributed by atoms with Crippen LogP contribution in [0.2, 0.25) is 0 Å². The maximum Gasteiger partial charge on any atom is 0.346 e. The summed E-state index contributed by atoms with van der Waals surface area (Å²) in [6.45, 7) is -0.0152. The van der Waals surface area contributed by atoms with Crippen molar-refractivity contribution in [3.63, 3.8) is 0 Å². The third-order valence-corrected chi connectivity index (χ3v) is 6.55. The van der Waals surface area contributed by atoms with E-state index in [1.807, 2.05) is 53.1 Å². The van der Waals surface area contributed by atoms with Crippen molar-refractivity contribution in [2.45, 2.75) is 51.2 Å². The molecule has 154 valence electrons. The van der Waals surface area contributed by atoms with Crippen molar-refractivity contribution in [3.05, 3.63) is 59.9 Å². The Bertz CT molecular complexity index is 1110. The van der Waals surface area contributed by atoms with E-state index < -0.39 is 17.9 Å². The summed E-state index contributed by atoms with van der Waals surface area (Å²) in [4.78, 5) is 25.6. The predicted octanol–water partition coefficient (Wildman–Crippen LogP) is 5.07. The summed E-state index contributed by atoms with van der Waals surface area (Å²) in [6, 6.07) is 15.8. The topological polar surface area (TPSA) is 68.5 Å². The lowest BCUT2D eigenvalue weighted by molar-refractivity contribution is -0.141. The van der Waals surface area contributed by atoms with Gasteiger partial charge in [0, 0.05) is 21.8 Å². The van der Waals surface area contributed by atoms with Crippen LogP contribution in [0.4, 0.5) is 0 Å². The Morgan fingerprint density at radius 1 is 0.967 bits per heavy atom. The lowest BCUT2D eigenvalue weighted by Gasteiger charge is -2.23. The van der Waals surface area contributed by atoms with Gasteiger partial charge in [0.15, 0.2) is 17.6 Å². The molecule has 1 saturated carbocycles. The van der Waals surface area contributed by atoms with E-state index in [-0.39, 0.29) is 17.9 Å². The number of carbonyl (C=O) groups is 2. The molecule has 1 N–H and O–H groups in total. The molecule has 0 spiro atoms. The van der Waals surface area contributed by atoms with E-state index in [9.17, 15) is 14.7 Å². The zero-order valence-electron chi connectivity index (χ0n) is 16.8. The fourth-order valence-electron chi connectivity index (χ4n) is 5.05. The number of hydrogen-bond acceptors (Lipinski definition) is 4. The Hall–Kier alpha value is -3.08. The number of nitrogens with zero attached hydrogens (tertiary/aromatic N) is 1. The van der Waals surface area contributed by atoms with Gasteiger partial charge in [0.25, 0.3) is 0 Å². The molecule has 0 bridgehead atoms. The van der Waals surface area contributed by atoms with E-state index in [1.54, 1.807) is 0 Å². The number of ether oxygens (including phenoxy) is 1. The van der Waals surface area contributed by atoms with Crippen LogP contribution in [0.25, 0.3) is 21.8 Å². The maximum atomic E-state index is 13.1. The van der Waals surface area contributed by atoms with E-state index in [4.69, 9.17) is 4.74 Å². The normalized spacial score (nSPS) is 20.3. The maximum absolute atomic E-state index is 13.1. The number of hydrogen-bond donors (Lipinski definition) is 1. The summed E-state index contributed by atoms with van der Waals surface area (Å²) in [7, 11) is 0. The number of Topliss-reactive ketones (excluding diaryl/α,β-unsaturated/α-hetero) is 1. The van der Waals surface area contributed by atoms with Crippen molar-refractivity contribution in [1.82, 2.24) is 4.57 Å². The molecule has 5 nitrogen and oxygen atoms in total. The van der Waals surface area contributed by atoms with Crippen LogP contribution in [-0.4, -0.2) is 27.5 Å². The van der Waals surface area contributed by atoms with Crippen molar-refractivity contribution >= 4 is 33.6 Å². The number of aliphatic hydroxyl groups is 1. The van der Waals surface area contributed by atoms with Crippen LogP contribution in [0.15, 0.2) is 59.9 Å². The smallest absolute Gasteiger partial charge is 0.346 e. The fourth-order valence-corrected chi connectivity index (χ4v) is 5.05. The van der Waals surface area contributed by atoms with E-state index in [2.05, 4.69) is 0 Å². The Labute approximate surface area is 174 Å². The van der Waals surface area contributed by atoms with Crippen LogP contribution >= 0.6 is 0 Å². The third kappa shape index (κ3) is 3.18. The molecule has 3 aromatic rings. The summed E-state index contributed by atoms with van der Waals surface area (Å²) >= 11 is 0. The van der Waals surface area contributed by atoms with Crippen LogP contribution in [0, 0.1) is 5.92 Å². The molecule has 5 heteroatoms. The first kappa shape index (κ1) is 18.9. The Kier molecular flexibility index (Phi) is 4.81. The Balaban J connectivity index is 1.45. The number of fused-ring (bicyclic) bond motifs is 3. The molecule has 2 heterocycles. The summed E-state index contributed by atoms with van der Waals surface area (Å²) in [5.74, 6) is -0.851. The average molecular weight is 403 g/mol. The lowest BCUT2D eigenvalue weighted by atomic mass is 9.85.